The predicted molar refractivity (Wildman–Crippen MR) is 79.8 cm³/mol. The highest BCUT2D eigenvalue weighted by Crippen LogP contribution is 2.27. The molecule has 1 unspecified atom stereocenters. The summed E-state index contributed by atoms with van der Waals surface area (Å²) < 4.78 is 19.5. The van der Waals surface area contributed by atoms with Crippen LogP contribution < -0.4 is 4.74 Å². The monoisotopic (exact) mass is 377 g/mol. The summed E-state index contributed by atoms with van der Waals surface area (Å²) in [4.78, 5) is 4.17. The second kappa shape index (κ2) is 7.72. The van der Waals surface area contributed by atoms with Crippen molar-refractivity contribution in [3.05, 3.63) is 39.6 Å². The molecule has 5 nitrogen and oxygen atoms in total. The number of ether oxygens (including phenoxy) is 1. The maximum Gasteiger partial charge on any atom is 0.217 e. The SMILES string of the molecule is OCCCCC(Oc1cc(F)cc(Cl)c1)c1nc(Br)n[nH]1. The third kappa shape index (κ3) is 4.94. The zero-order valence-electron chi connectivity index (χ0n) is 11.0. The van der Waals surface area contributed by atoms with Gasteiger partial charge >= 0.3 is 0 Å². The molecule has 2 rings (SSSR count). The first-order valence-corrected chi connectivity index (χ1v) is 7.57. The number of hydrogen-bond donors (Lipinski definition) is 2. The lowest BCUT2D eigenvalue weighted by Gasteiger charge is -2.17. The van der Waals surface area contributed by atoms with Crippen molar-refractivity contribution in [3.63, 3.8) is 0 Å². The van der Waals surface area contributed by atoms with Crippen molar-refractivity contribution in [1.29, 1.82) is 0 Å². The minimum atomic E-state index is -0.467. The molecule has 1 aromatic carbocycles. The topological polar surface area (TPSA) is 71.0 Å². The average Bonchev–Trinajstić information content (AvgIpc) is 2.83. The number of nitrogens with zero attached hydrogens (tertiary/aromatic N) is 2. The highest BCUT2D eigenvalue weighted by Gasteiger charge is 2.18. The molecule has 0 aliphatic heterocycles. The Hall–Kier alpha value is -1.18. The summed E-state index contributed by atoms with van der Waals surface area (Å²) in [5.74, 6) is 0.382. The molecular weight excluding hydrogens is 365 g/mol. The Morgan fingerprint density at radius 1 is 1.38 bits per heavy atom. The van der Waals surface area contributed by atoms with Gasteiger partial charge in [0.25, 0.3) is 0 Å². The summed E-state index contributed by atoms with van der Waals surface area (Å²) in [6.07, 6.45) is 1.58. The third-order valence-corrected chi connectivity index (χ3v) is 3.34. The second-order valence-corrected chi connectivity index (χ2v) is 5.57. The molecule has 0 saturated heterocycles. The molecule has 1 aromatic heterocycles. The number of hydrogen-bond acceptors (Lipinski definition) is 4. The van der Waals surface area contributed by atoms with Crippen LogP contribution in [-0.4, -0.2) is 26.9 Å². The van der Waals surface area contributed by atoms with Crippen LogP contribution in [0.1, 0.15) is 31.2 Å². The van der Waals surface area contributed by atoms with Crippen molar-refractivity contribution in [2.45, 2.75) is 25.4 Å². The van der Waals surface area contributed by atoms with Gasteiger partial charge in [-0.1, -0.05) is 11.6 Å². The fraction of sp³-hybridized carbons (Fsp3) is 0.385. The van der Waals surface area contributed by atoms with Gasteiger partial charge in [-0.3, -0.25) is 5.10 Å². The smallest absolute Gasteiger partial charge is 0.217 e. The summed E-state index contributed by atoms with van der Waals surface area (Å²) in [6.45, 7) is 0.110. The van der Waals surface area contributed by atoms with Crippen molar-refractivity contribution in [3.8, 4) is 5.75 Å². The summed E-state index contributed by atoms with van der Waals surface area (Å²) >= 11 is 8.97. The van der Waals surface area contributed by atoms with Crippen LogP contribution in [-0.2, 0) is 0 Å². The highest BCUT2D eigenvalue weighted by molar-refractivity contribution is 9.10. The van der Waals surface area contributed by atoms with Gasteiger partial charge in [-0.2, -0.15) is 0 Å². The second-order valence-electron chi connectivity index (χ2n) is 4.42. The Bertz CT molecular complexity index is 576. The molecule has 0 aliphatic carbocycles. The van der Waals surface area contributed by atoms with Crippen LogP contribution in [0.4, 0.5) is 4.39 Å². The largest absolute Gasteiger partial charge is 0.482 e. The standard InChI is InChI=1S/C13H14BrClFN3O2/c14-13-17-12(18-19-13)11(3-1-2-4-20)21-10-6-8(15)5-9(16)7-10/h5-7,11,20H,1-4H2,(H,17,18,19). The van der Waals surface area contributed by atoms with Crippen LogP contribution in [0.3, 0.4) is 0 Å². The Balaban J connectivity index is 2.14. The lowest BCUT2D eigenvalue weighted by Crippen LogP contribution is -2.10. The molecule has 1 heterocycles. The minimum Gasteiger partial charge on any atom is -0.482 e. The number of aliphatic hydroxyl groups excluding tert-OH is 1. The molecule has 0 spiro atoms. The van der Waals surface area contributed by atoms with Gasteiger partial charge < -0.3 is 9.84 Å². The molecule has 114 valence electrons. The third-order valence-electron chi connectivity index (χ3n) is 2.77. The van der Waals surface area contributed by atoms with Crippen LogP contribution in [0.25, 0.3) is 0 Å². The Morgan fingerprint density at radius 3 is 2.81 bits per heavy atom. The molecular formula is C13H14BrClFN3O2. The van der Waals surface area contributed by atoms with Crippen molar-refractivity contribution < 1.29 is 14.2 Å². The van der Waals surface area contributed by atoms with E-state index in [1.54, 1.807) is 0 Å². The molecule has 0 amide bonds. The zero-order valence-corrected chi connectivity index (χ0v) is 13.4. The van der Waals surface area contributed by atoms with E-state index in [2.05, 4.69) is 31.1 Å². The van der Waals surface area contributed by atoms with E-state index >= 15 is 0 Å². The maximum absolute atomic E-state index is 13.4. The summed E-state index contributed by atoms with van der Waals surface area (Å²) in [5, 5.41) is 15.8. The first-order chi connectivity index (χ1) is 10.1. The maximum atomic E-state index is 13.4. The predicted octanol–water partition coefficient (Wildman–Crippen LogP) is 3.64. The van der Waals surface area contributed by atoms with Crippen LogP contribution in [0.5, 0.6) is 5.75 Å². The van der Waals surface area contributed by atoms with E-state index in [4.69, 9.17) is 21.4 Å². The van der Waals surface area contributed by atoms with E-state index in [0.717, 1.165) is 6.42 Å². The van der Waals surface area contributed by atoms with Gasteiger partial charge in [0.2, 0.25) is 4.73 Å². The van der Waals surface area contributed by atoms with E-state index < -0.39 is 11.9 Å². The zero-order chi connectivity index (χ0) is 15.2. The average molecular weight is 379 g/mol. The normalized spacial score (nSPS) is 12.4. The van der Waals surface area contributed by atoms with Crippen molar-refractivity contribution >= 4 is 27.5 Å². The number of nitrogens with one attached hydrogen (secondary N) is 1. The fourth-order valence-corrected chi connectivity index (χ4v) is 2.34. The Kier molecular flexibility index (Phi) is 5.96. The summed E-state index contributed by atoms with van der Waals surface area (Å²) in [5.41, 5.74) is 0. The van der Waals surface area contributed by atoms with E-state index in [1.165, 1.54) is 18.2 Å². The van der Waals surface area contributed by atoms with Crippen molar-refractivity contribution in [2.75, 3.05) is 6.61 Å². The number of aromatic amines is 1. The van der Waals surface area contributed by atoms with Crippen molar-refractivity contribution in [1.82, 2.24) is 15.2 Å². The molecule has 0 radical (unpaired) electrons. The number of aliphatic hydroxyl groups is 1. The van der Waals surface area contributed by atoms with Crippen molar-refractivity contribution in [2.24, 2.45) is 0 Å². The van der Waals surface area contributed by atoms with Gasteiger partial charge in [0, 0.05) is 17.7 Å². The quantitative estimate of drug-likeness (QED) is 0.722. The molecule has 0 saturated carbocycles. The van der Waals surface area contributed by atoms with E-state index in [1.807, 2.05) is 0 Å². The number of rotatable bonds is 7. The number of halogens is 3. The fourth-order valence-electron chi connectivity index (χ4n) is 1.85. The number of H-pyrrole nitrogens is 1. The van der Waals surface area contributed by atoms with Crippen LogP contribution in [0, 0.1) is 5.82 Å². The Labute approximate surface area is 134 Å². The highest BCUT2D eigenvalue weighted by atomic mass is 79.9. The van der Waals surface area contributed by atoms with E-state index in [0.29, 0.717) is 29.1 Å². The summed E-state index contributed by atoms with van der Waals surface area (Å²) in [7, 11) is 0. The molecule has 8 heteroatoms. The molecule has 0 aliphatic rings. The first kappa shape index (κ1) is 16.2. The molecule has 2 aromatic rings. The van der Waals surface area contributed by atoms with Crippen LogP contribution in [0.15, 0.2) is 22.9 Å². The van der Waals surface area contributed by atoms with E-state index in [9.17, 15) is 4.39 Å². The van der Waals surface area contributed by atoms with E-state index in [-0.39, 0.29) is 11.6 Å². The lowest BCUT2D eigenvalue weighted by atomic mass is 10.1. The molecule has 1 atom stereocenters. The van der Waals surface area contributed by atoms with Crippen LogP contribution >= 0.6 is 27.5 Å². The van der Waals surface area contributed by atoms with Gasteiger partial charge in [-0.15, -0.1) is 5.10 Å². The van der Waals surface area contributed by atoms with Gasteiger partial charge in [-0.05, 0) is 47.3 Å². The molecule has 2 N–H and O–H groups in total. The minimum absolute atomic E-state index is 0.110. The van der Waals surface area contributed by atoms with Crippen LogP contribution in [0.2, 0.25) is 5.02 Å². The number of unbranched alkanes of at least 4 members (excludes halogenated alkanes) is 1. The molecule has 21 heavy (non-hydrogen) atoms. The van der Waals surface area contributed by atoms with Gasteiger partial charge in [0.05, 0.1) is 0 Å². The first-order valence-electron chi connectivity index (χ1n) is 6.40. The van der Waals surface area contributed by atoms with Gasteiger partial charge in [-0.25, -0.2) is 9.37 Å². The number of benzene rings is 1. The Morgan fingerprint density at radius 2 is 2.19 bits per heavy atom. The molecule has 0 fully saturated rings. The summed E-state index contributed by atoms with van der Waals surface area (Å²) in [6, 6.07) is 4.01. The molecule has 0 bridgehead atoms. The number of aromatic nitrogens is 3. The lowest BCUT2D eigenvalue weighted by molar-refractivity contribution is 0.175. The van der Waals surface area contributed by atoms with Gasteiger partial charge in [0.15, 0.2) is 11.9 Å². The van der Waals surface area contributed by atoms with Gasteiger partial charge in [0.1, 0.15) is 11.6 Å².